The number of carbonyl (C=O) groups excluding carboxylic acids is 1. The van der Waals surface area contributed by atoms with E-state index in [4.69, 9.17) is 4.74 Å². The molecule has 2 N–H and O–H groups in total. The number of amides is 1. The SMILES string of the molecule is COc1ccc(CCC(=O)NC2CCNCC2C)cc1F.Cl. The van der Waals surface area contributed by atoms with Crippen molar-refractivity contribution < 1.29 is 13.9 Å². The van der Waals surface area contributed by atoms with E-state index in [0.717, 1.165) is 25.1 Å². The molecule has 1 amide bonds. The maximum atomic E-state index is 13.6. The predicted molar refractivity (Wildman–Crippen MR) is 87.1 cm³/mol. The highest BCUT2D eigenvalue weighted by molar-refractivity contribution is 5.85. The molecule has 0 bridgehead atoms. The Balaban J connectivity index is 0.00000242. The molecule has 1 aromatic rings. The van der Waals surface area contributed by atoms with Gasteiger partial charge in [0.25, 0.3) is 0 Å². The Morgan fingerprint density at radius 2 is 2.27 bits per heavy atom. The first-order valence-corrected chi connectivity index (χ1v) is 7.42. The van der Waals surface area contributed by atoms with Crippen LogP contribution >= 0.6 is 12.4 Å². The minimum absolute atomic E-state index is 0. The monoisotopic (exact) mass is 330 g/mol. The van der Waals surface area contributed by atoms with Gasteiger partial charge in [0, 0.05) is 12.5 Å². The number of aryl methyl sites for hydroxylation is 1. The van der Waals surface area contributed by atoms with Crippen LogP contribution in [0.4, 0.5) is 4.39 Å². The van der Waals surface area contributed by atoms with Crippen LogP contribution < -0.4 is 15.4 Å². The summed E-state index contributed by atoms with van der Waals surface area (Å²) in [6.45, 7) is 4.02. The number of piperidine rings is 1. The van der Waals surface area contributed by atoms with Gasteiger partial charge in [0.1, 0.15) is 0 Å². The van der Waals surface area contributed by atoms with Crippen LogP contribution in [0.2, 0.25) is 0 Å². The Kier molecular flexibility index (Phi) is 7.62. The minimum Gasteiger partial charge on any atom is -0.494 e. The van der Waals surface area contributed by atoms with Crippen LogP contribution in [0.5, 0.6) is 5.75 Å². The van der Waals surface area contributed by atoms with Crippen molar-refractivity contribution in [1.82, 2.24) is 10.6 Å². The van der Waals surface area contributed by atoms with Gasteiger partial charge in [-0.1, -0.05) is 13.0 Å². The smallest absolute Gasteiger partial charge is 0.220 e. The lowest BCUT2D eigenvalue weighted by Gasteiger charge is -2.30. The zero-order valence-electron chi connectivity index (χ0n) is 13.0. The molecule has 0 spiro atoms. The molecule has 0 aromatic heterocycles. The molecule has 0 saturated carbocycles. The first-order valence-electron chi connectivity index (χ1n) is 7.42. The highest BCUT2D eigenvalue weighted by Gasteiger charge is 2.22. The lowest BCUT2D eigenvalue weighted by Crippen LogP contribution is -2.48. The molecule has 2 rings (SSSR count). The van der Waals surface area contributed by atoms with Crippen molar-refractivity contribution in [3.8, 4) is 5.75 Å². The van der Waals surface area contributed by atoms with Crippen LogP contribution in [0.1, 0.15) is 25.3 Å². The molecule has 1 aromatic carbocycles. The molecule has 0 aliphatic carbocycles. The standard InChI is InChI=1S/C16H23FN2O2.ClH/c1-11-10-18-8-7-14(11)19-16(20)6-4-12-3-5-15(21-2)13(17)9-12;/h3,5,9,11,14,18H,4,6-8,10H2,1-2H3,(H,19,20);1H. The number of nitrogens with one attached hydrogen (secondary N) is 2. The predicted octanol–water partition coefficient (Wildman–Crippen LogP) is 2.30. The van der Waals surface area contributed by atoms with E-state index in [-0.39, 0.29) is 35.9 Å². The number of rotatable bonds is 5. The Bertz CT molecular complexity index is 499. The number of methoxy groups -OCH3 is 1. The molecule has 1 heterocycles. The molecular weight excluding hydrogens is 307 g/mol. The second-order valence-electron chi connectivity index (χ2n) is 5.61. The maximum absolute atomic E-state index is 13.6. The first kappa shape index (κ1) is 18.7. The first-order chi connectivity index (χ1) is 10.1. The number of carbonyl (C=O) groups is 1. The van der Waals surface area contributed by atoms with E-state index in [0.29, 0.717) is 18.8 Å². The maximum Gasteiger partial charge on any atom is 0.220 e. The molecular formula is C16H24ClFN2O2. The second kappa shape index (κ2) is 8.96. The van der Waals surface area contributed by atoms with Crippen molar-refractivity contribution in [2.24, 2.45) is 5.92 Å². The van der Waals surface area contributed by atoms with Gasteiger partial charge in [0.2, 0.25) is 5.91 Å². The van der Waals surface area contributed by atoms with Crippen LogP contribution in [0.15, 0.2) is 18.2 Å². The summed E-state index contributed by atoms with van der Waals surface area (Å²) in [5, 5.41) is 6.39. The van der Waals surface area contributed by atoms with Gasteiger partial charge >= 0.3 is 0 Å². The summed E-state index contributed by atoms with van der Waals surface area (Å²) in [6, 6.07) is 5.06. The van der Waals surface area contributed by atoms with E-state index in [2.05, 4.69) is 17.6 Å². The number of ether oxygens (including phenoxy) is 1. The molecule has 4 nitrogen and oxygen atoms in total. The molecule has 1 aliphatic rings. The van der Waals surface area contributed by atoms with Gasteiger partial charge in [-0.25, -0.2) is 4.39 Å². The van der Waals surface area contributed by atoms with Gasteiger partial charge < -0.3 is 15.4 Å². The Hall–Kier alpha value is -1.33. The average molecular weight is 331 g/mol. The van der Waals surface area contributed by atoms with E-state index in [9.17, 15) is 9.18 Å². The van der Waals surface area contributed by atoms with Crippen LogP contribution in [-0.2, 0) is 11.2 Å². The summed E-state index contributed by atoms with van der Waals surface area (Å²) in [4.78, 5) is 12.0. The largest absolute Gasteiger partial charge is 0.494 e. The summed E-state index contributed by atoms with van der Waals surface area (Å²) in [5.41, 5.74) is 0.807. The van der Waals surface area contributed by atoms with Crippen LogP contribution in [-0.4, -0.2) is 32.1 Å². The molecule has 2 unspecified atom stereocenters. The lowest BCUT2D eigenvalue weighted by molar-refractivity contribution is -0.122. The Morgan fingerprint density at radius 3 is 2.91 bits per heavy atom. The third-order valence-corrected chi connectivity index (χ3v) is 3.99. The van der Waals surface area contributed by atoms with E-state index >= 15 is 0 Å². The fourth-order valence-corrected chi connectivity index (χ4v) is 2.63. The van der Waals surface area contributed by atoms with Gasteiger partial charge in [0.15, 0.2) is 11.6 Å². The molecule has 1 aliphatic heterocycles. The summed E-state index contributed by atoms with van der Waals surface area (Å²) < 4.78 is 18.4. The Morgan fingerprint density at radius 1 is 1.50 bits per heavy atom. The van der Waals surface area contributed by atoms with Crippen molar-refractivity contribution >= 4 is 18.3 Å². The summed E-state index contributed by atoms with van der Waals surface area (Å²) >= 11 is 0. The second-order valence-corrected chi connectivity index (χ2v) is 5.61. The van der Waals surface area contributed by atoms with Gasteiger partial charge in [-0.15, -0.1) is 12.4 Å². The van der Waals surface area contributed by atoms with Crippen molar-refractivity contribution in [2.45, 2.75) is 32.2 Å². The fraction of sp³-hybridized carbons (Fsp3) is 0.562. The van der Waals surface area contributed by atoms with Crippen molar-refractivity contribution in [1.29, 1.82) is 0 Å². The van der Waals surface area contributed by atoms with E-state index in [1.807, 2.05) is 0 Å². The number of halogens is 2. The molecule has 6 heteroatoms. The summed E-state index contributed by atoms with van der Waals surface area (Å²) in [6.07, 6.45) is 1.87. The van der Waals surface area contributed by atoms with Gasteiger partial charge in [0.05, 0.1) is 7.11 Å². The third kappa shape index (κ3) is 5.14. The quantitative estimate of drug-likeness (QED) is 0.871. The van der Waals surface area contributed by atoms with Crippen molar-refractivity contribution in [3.63, 3.8) is 0 Å². The van der Waals surface area contributed by atoms with Gasteiger partial charge in [-0.2, -0.15) is 0 Å². The number of hydrogen-bond acceptors (Lipinski definition) is 3. The zero-order chi connectivity index (χ0) is 15.2. The summed E-state index contributed by atoms with van der Waals surface area (Å²) in [7, 11) is 1.44. The van der Waals surface area contributed by atoms with Crippen LogP contribution in [0.3, 0.4) is 0 Å². The number of benzene rings is 1. The zero-order valence-corrected chi connectivity index (χ0v) is 13.8. The van der Waals surface area contributed by atoms with Gasteiger partial charge in [-0.3, -0.25) is 4.79 Å². The molecule has 1 saturated heterocycles. The van der Waals surface area contributed by atoms with Crippen molar-refractivity contribution in [3.05, 3.63) is 29.6 Å². The average Bonchev–Trinajstić information content (AvgIpc) is 2.48. The van der Waals surface area contributed by atoms with E-state index in [1.165, 1.54) is 13.2 Å². The molecule has 2 atom stereocenters. The summed E-state index contributed by atoms with van der Waals surface area (Å²) in [5.74, 6) is 0.320. The topological polar surface area (TPSA) is 50.4 Å². The third-order valence-electron chi connectivity index (χ3n) is 3.99. The number of hydrogen-bond donors (Lipinski definition) is 2. The van der Waals surface area contributed by atoms with E-state index < -0.39 is 0 Å². The lowest BCUT2D eigenvalue weighted by atomic mass is 9.95. The van der Waals surface area contributed by atoms with Crippen molar-refractivity contribution in [2.75, 3.05) is 20.2 Å². The molecule has 1 fully saturated rings. The minimum atomic E-state index is -0.387. The van der Waals surface area contributed by atoms with Crippen LogP contribution in [0, 0.1) is 11.7 Å². The molecule has 22 heavy (non-hydrogen) atoms. The van der Waals surface area contributed by atoms with E-state index in [1.54, 1.807) is 12.1 Å². The highest BCUT2D eigenvalue weighted by atomic mass is 35.5. The highest BCUT2D eigenvalue weighted by Crippen LogP contribution is 2.18. The van der Waals surface area contributed by atoms with Gasteiger partial charge in [-0.05, 0) is 49.5 Å². The Labute approximate surface area is 137 Å². The molecule has 0 radical (unpaired) electrons. The molecule has 124 valence electrons. The van der Waals surface area contributed by atoms with Crippen LogP contribution in [0.25, 0.3) is 0 Å². The fourth-order valence-electron chi connectivity index (χ4n) is 2.63. The normalized spacial score (nSPS) is 20.9.